The van der Waals surface area contributed by atoms with Crippen LogP contribution in [0, 0.1) is 0 Å². The van der Waals surface area contributed by atoms with Gasteiger partial charge in [-0.2, -0.15) is 5.10 Å². The zero-order valence-corrected chi connectivity index (χ0v) is 12.0. The second-order valence-electron chi connectivity index (χ2n) is 4.40. The minimum atomic E-state index is -0.437. The molecule has 2 rings (SSSR count). The van der Waals surface area contributed by atoms with Crippen molar-refractivity contribution < 1.29 is 14.6 Å². The Morgan fingerprint density at radius 2 is 2.14 bits per heavy atom. The number of carbonyl (C=O) groups excluding carboxylic acids is 1. The van der Waals surface area contributed by atoms with Crippen molar-refractivity contribution in [2.24, 2.45) is 0 Å². The first-order chi connectivity index (χ1) is 10.3. The van der Waals surface area contributed by atoms with Crippen LogP contribution in [0.5, 0.6) is 0 Å². The van der Waals surface area contributed by atoms with Crippen LogP contribution < -0.4 is 5.32 Å². The topological polar surface area (TPSA) is 76.4 Å². The molecule has 0 amide bonds. The van der Waals surface area contributed by atoms with Crippen molar-refractivity contribution in [3.8, 4) is 5.69 Å². The Labute approximate surface area is 123 Å². The summed E-state index contributed by atoms with van der Waals surface area (Å²) in [5.74, 6) is -0.437. The molecule has 0 aliphatic rings. The zero-order chi connectivity index (χ0) is 15.1. The number of nitrogens with one attached hydrogen (secondary N) is 1. The van der Waals surface area contributed by atoms with E-state index in [4.69, 9.17) is 9.84 Å². The fraction of sp³-hybridized carbons (Fsp3) is 0.333. The molecular weight excluding hydrogens is 270 g/mol. The van der Waals surface area contributed by atoms with Gasteiger partial charge in [-0.05, 0) is 19.1 Å². The lowest BCUT2D eigenvalue weighted by atomic mass is 10.2. The number of benzene rings is 1. The quantitative estimate of drug-likeness (QED) is 0.590. The van der Waals surface area contributed by atoms with Crippen molar-refractivity contribution in [1.29, 1.82) is 0 Å². The molecular formula is C15H19N3O3. The number of rotatable bonds is 7. The van der Waals surface area contributed by atoms with Gasteiger partial charge in [0.15, 0.2) is 5.69 Å². The molecule has 0 aliphatic carbocycles. The number of ether oxygens (including phenoxy) is 1. The van der Waals surface area contributed by atoms with Gasteiger partial charge in [-0.3, -0.25) is 0 Å². The van der Waals surface area contributed by atoms with Crippen LogP contribution in [0.4, 0.5) is 0 Å². The van der Waals surface area contributed by atoms with Crippen LogP contribution in [0.1, 0.15) is 23.0 Å². The largest absolute Gasteiger partial charge is 0.461 e. The molecule has 0 saturated heterocycles. The standard InChI is InChI=1S/C15H19N3O3/c1-2-21-15(20)14-12(10-16-8-9-19)11-18(17-14)13-6-4-3-5-7-13/h3-7,11,16,19H,2,8-10H2,1H3. The van der Waals surface area contributed by atoms with E-state index in [9.17, 15) is 4.79 Å². The Kier molecular flexibility index (Phi) is 5.48. The van der Waals surface area contributed by atoms with E-state index < -0.39 is 5.97 Å². The van der Waals surface area contributed by atoms with Gasteiger partial charge in [0, 0.05) is 24.8 Å². The number of esters is 1. The summed E-state index contributed by atoms with van der Waals surface area (Å²) in [6, 6.07) is 9.55. The number of para-hydroxylation sites is 1. The summed E-state index contributed by atoms with van der Waals surface area (Å²) in [5, 5.41) is 16.2. The summed E-state index contributed by atoms with van der Waals surface area (Å²) in [4.78, 5) is 12.0. The fourth-order valence-electron chi connectivity index (χ4n) is 1.93. The van der Waals surface area contributed by atoms with Gasteiger partial charge < -0.3 is 15.2 Å². The summed E-state index contributed by atoms with van der Waals surface area (Å²) < 4.78 is 6.69. The predicted octanol–water partition coefficient (Wildman–Crippen LogP) is 1.13. The molecule has 0 aliphatic heterocycles. The summed E-state index contributed by atoms with van der Waals surface area (Å²) in [7, 11) is 0. The fourth-order valence-corrected chi connectivity index (χ4v) is 1.93. The Morgan fingerprint density at radius 3 is 2.81 bits per heavy atom. The van der Waals surface area contributed by atoms with Crippen LogP contribution in [0.2, 0.25) is 0 Å². The Hall–Kier alpha value is -2.18. The molecule has 0 spiro atoms. The number of hydrogen-bond acceptors (Lipinski definition) is 5. The zero-order valence-electron chi connectivity index (χ0n) is 12.0. The molecule has 0 bridgehead atoms. The van der Waals surface area contributed by atoms with E-state index in [1.165, 1.54) is 0 Å². The van der Waals surface area contributed by atoms with Crippen molar-refractivity contribution in [1.82, 2.24) is 15.1 Å². The molecule has 21 heavy (non-hydrogen) atoms. The lowest BCUT2D eigenvalue weighted by Gasteiger charge is -2.02. The van der Waals surface area contributed by atoms with Crippen LogP contribution in [-0.4, -0.2) is 40.6 Å². The minimum absolute atomic E-state index is 0.0432. The van der Waals surface area contributed by atoms with Crippen molar-refractivity contribution in [2.45, 2.75) is 13.5 Å². The SMILES string of the molecule is CCOC(=O)c1nn(-c2ccccc2)cc1CNCCO. The van der Waals surface area contributed by atoms with Gasteiger partial charge >= 0.3 is 5.97 Å². The predicted molar refractivity (Wildman–Crippen MR) is 78.3 cm³/mol. The normalized spacial score (nSPS) is 10.6. The van der Waals surface area contributed by atoms with Crippen molar-refractivity contribution in [3.63, 3.8) is 0 Å². The van der Waals surface area contributed by atoms with Gasteiger partial charge in [-0.25, -0.2) is 9.48 Å². The van der Waals surface area contributed by atoms with Gasteiger partial charge in [0.05, 0.1) is 18.9 Å². The molecule has 2 N–H and O–H groups in total. The highest BCUT2D eigenvalue weighted by Crippen LogP contribution is 2.13. The summed E-state index contributed by atoms with van der Waals surface area (Å²) in [6.45, 7) is 3.01. The minimum Gasteiger partial charge on any atom is -0.461 e. The molecule has 1 aromatic carbocycles. The van der Waals surface area contributed by atoms with E-state index in [0.717, 1.165) is 11.3 Å². The summed E-state index contributed by atoms with van der Waals surface area (Å²) >= 11 is 0. The van der Waals surface area contributed by atoms with Crippen molar-refractivity contribution in [3.05, 3.63) is 47.8 Å². The number of carbonyl (C=O) groups is 1. The molecule has 0 atom stereocenters. The van der Waals surface area contributed by atoms with Crippen LogP contribution in [0.25, 0.3) is 5.69 Å². The average molecular weight is 289 g/mol. The molecule has 0 radical (unpaired) electrons. The maximum atomic E-state index is 12.0. The number of aliphatic hydroxyl groups is 1. The van der Waals surface area contributed by atoms with Gasteiger partial charge in [0.25, 0.3) is 0 Å². The van der Waals surface area contributed by atoms with E-state index in [-0.39, 0.29) is 6.61 Å². The first-order valence-corrected chi connectivity index (χ1v) is 6.89. The van der Waals surface area contributed by atoms with Gasteiger partial charge in [-0.15, -0.1) is 0 Å². The molecule has 0 saturated carbocycles. The Balaban J connectivity index is 2.28. The second kappa shape index (κ2) is 7.56. The van der Waals surface area contributed by atoms with Gasteiger partial charge in [-0.1, -0.05) is 18.2 Å². The maximum absolute atomic E-state index is 12.0. The maximum Gasteiger partial charge on any atom is 0.359 e. The number of nitrogens with zero attached hydrogens (tertiary/aromatic N) is 2. The lowest BCUT2D eigenvalue weighted by Crippen LogP contribution is -2.19. The van der Waals surface area contributed by atoms with Crippen LogP contribution >= 0.6 is 0 Å². The third-order valence-corrected chi connectivity index (χ3v) is 2.88. The highest BCUT2D eigenvalue weighted by molar-refractivity contribution is 5.88. The number of hydrogen-bond donors (Lipinski definition) is 2. The van der Waals surface area contributed by atoms with Crippen molar-refractivity contribution in [2.75, 3.05) is 19.8 Å². The molecule has 112 valence electrons. The number of aliphatic hydroxyl groups excluding tert-OH is 1. The first-order valence-electron chi connectivity index (χ1n) is 6.89. The van der Waals surface area contributed by atoms with E-state index in [1.807, 2.05) is 30.3 Å². The average Bonchev–Trinajstić information content (AvgIpc) is 2.93. The molecule has 1 heterocycles. The molecule has 6 nitrogen and oxygen atoms in total. The van der Waals surface area contributed by atoms with Crippen LogP contribution in [0.3, 0.4) is 0 Å². The van der Waals surface area contributed by atoms with Gasteiger partial charge in [0.1, 0.15) is 0 Å². The first kappa shape index (κ1) is 15.2. The van der Waals surface area contributed by atoms with Crippen LogP contribution in [0.15, 0.2) is 36.5 Å². The second-order valence-corrected chi connectivity index (χ2v) is 4.40. The van der Waals surface area contributed by atoms with E-state index in [0.29, 0.717) is 25.4 Å². The third kappa shape index (κ3) is 3.90. The summed E-state index contributed by atoms with van der Waals surface area (Å²) in [5.41, 5.74) is 1.91. The lowest BCUT2D eigenvalue weighted by molar-refractivity contribution is 0.0517. The van der Waals surface area contributed by atoms with E-state index in [2.05, 4.69) is 10.4 Å². The Bertz CT molecular complexity index is 581. The van der Waals surface area contributed by atoms with E-state index in [1.54, 1.807) is 17.8 Å². The molecule has 2 aromatic rings. The summed E-state index contributed by atoms with van der Waals surface area (Å²) in [6.07, 6.45) is 1.80. The molecule has 0 unspecified atom stereocenters. The van der Waals surface area contributed by atoms with Gasteiger partial charge in [0.2, 0.25) is 0 Å². The highest BCUT2D eigenvalue weighted by Gasteiger charge is 2.18. The molecule has 1 aromatic heterocycles. The molecule has 0 fully saturated rings. The number of aromatic nitrogens is 2. The molecule has 6 heteroatoms. The van der Waals surface area contributed by atoms with E-state index >= 15 is 0 Å². The third-order valence-electron chi connectivity index (χ3n) is 2.88. The van der Waals surface area contributed by atoms with Crippen LogP contribution in [-0.2, 0) is 11.3 Å². The Morgan fingerprint density at radius 1 is 1.38 bits per heavy atom. The smallest absolute Gasteiger partial charge is 0.359 e. The van der Waals surface area contributed by atoms with Crippen molar-refractivity contribution >= 4 is 5.97 Å². The monoisotopic (exact) mass is 289 g/mol. The highest BCUT2D eigenvalue weighted by atomic mass is 16.5.